The molecule has 0 aromatic carbocycles. The molecule has 0 unspecified atom stereocenters. The van der Waals surface area contributed by atoms with Gasteiger partial charge in [-0.15, -0.1) is 0 Å². The van der Waals surface area contributed by atoms with Crippen molar-refractivity contribution in [1.29, 1.82) is 0 Å². The third kappa shape index (κ3) is 3.24. The van der Waals surface area contributed by atoms with Gasteiger partial charge in [-0.2, -0.15) is 4.98 Å². The Labute approximate surface area is 119 Å². The van der Waals surface area contributed by atoms with Crippen LogP contribution in [0.5, 0.6) is 0 Å². The maximum absolute atomic E-state index is 11.4. The Morgan fingerprint density at radius 3 is 2.68 bits per heavy atom. The lowest BCUT2D eigenvalue weighted by atomic mass is 10.3. The van der Waals surface area contributed by atoms with Crippen LogP contribution in [0.15, 0.2) is 16.5 Å². The summed E-state index contributed by atoms with van der Waals surface area (Å²) in [5, 5.41) is 3.08. The fraction of sp³-hybridized carbons (Fsp3) is 0.250. The van der Waals surface area contributed by atoms with Gasteiger partial charge in [-0.05, 0) is 30.7 Å². The standard InChI is InChI=1S/C12H11Cl2N3O2/c1-6-3-4-8(19-6)5-15-11-9(13)10(7(2)18)16-12(14)17-11/h3-4H,5H2,1-2H3,(H,15,16,17). The number of hydrogen-bond acceptors (Lipinski definition) is 5. The van der Waals surface area contributed by atoms with Crippen LogP contribution in [0.4, 0.5) is 5.82 Å². The number of carbonyl (C=O) groups excluding carboxylic acids is 1. The Morgan fingerprint density at radius 2 is 2.11 bits per heavy atom. The number of aryl methyl sites for hydroxylation is 1. The van der Waals surface area contributed by atoms with Gasteiger partial charge in [0.1, 0.15) is 22.2 Å². The number of Topliss-reactive ketones (excluding diaryl/α,β-unsaturated/α-hetero) is 1. The molecule has 2 heterocycles. The molecule has 0 aliphatic carbocycles. The summed E-state index contributed by atoms with van der Waals surface area (Å²) in [6.07, 6.45) is 0. The summed E-state index contributed by atoms with van der Waals surface area (Å²) in [6.45, 7) is 3.61. The van der Waals surface area contributed by atoms with E-state index in [0.717, 1.165) is 11.5 Å². The Balaban J connectivity index is 2.22. The molecule has 5 nitrogen and oxygen atoms in total. The molecule has 1 N–H and O–H groups in total. The molecular weight excluding hydrogens is 289 g/mol. The number of anilines is 1. The maximum Gasteiger partial charge on any atom is 0.225 e. The number of aromatic nitrogens is 2. The summed E-state index contributed by atoms with van der Waals surface area (Å²) in [5.74, 6) is 1.58. The minimum atomic E-state index is -0.272. The number of ketones is 1. The van der Waals surface area contributed by atoms with E-state index in [4.69, 9.17) is 27.6 Å². The zero-order valence-electron chi connectivity index (χ0n) is 10.3. The van der Waals surface area contributed by atoms with E-state index in [1.165, 1.54) is 6.92 Å². The minimum absolute atomic E-state index is 0.0345. The highest BCUT2D eigenvalue weighted by atomic mass is 35.5. The predicted octanol–water partition coefficient (Wildman–Crippen LogP) is 3.50. The van der Waals surface area contributed by atoms with Gasteiger partial charge in [0.25, 0.3) is 0 Å². The van der Waals surface area contributed by atoms with Gasteiger partial charge in [-0.3, -0.25) is 4.79 Å². The molecule has 7 heteroatoms. The lowest BCUT2D eigenvalue weighted by Crippen LogP contribution is -2.07. The van der Waals surface area contributed by atoms with Gasteiger partial charge in [0.2, 0.25) is 5.28 Å². The van der Waals surface area contributed by atoms with Crippen LogP contribution >= 0.6 is 23.2 Å². The van der Waals surface area contributed by atoms with E-state index >= 15 is 0 Å². The van der Waals surface area contributed by atoms with Crippen molar-refractivity contribution in [3.8, 4) is 0 Å². The highest BCUT2D eigenvalue weighted by molar-refractivity contribution is 6.36. The molecule has 0 atom stereocenters. The number of nitrogens with one attached hydrogen (secondary N) is 1. The summed E-state index contributed by atoms with van der Waals surface area (Å²) < 4.78 is 5.40. The Morgan fingerprint density at radius 1 is 1.37 bits per heavy atom. The fourth-order valence-corrected chi connectivity index (χ4v) is 1.97. The summed E-state index contributed by atoms with van der Waals surface area (Å²) in [6, 6.07) is 3.69. The smallest absolute Gasteiger partial charge is 0.225 e. The van der Waals surface area contributed by atoms with Gasteiger partial charge in [-0.1, -0.05) is 11.6 Å². The lowest BCUT2D eigenvalue weighted by Gasteiger charge is -2.08. The largest absolute Gasteiger partial charge is 0.465 e. The first-order valence-corrected chi connectivity index (χ1v) is 6.26. The van der Waals surface area contributed by atoms with E-state index in [0.29, 0.717) is 12.4 Å². The Bertz CT molecular complexity index is 625. The van der Waals surface area contributed by atoms with Crippen LogP contribution in [-0.4, -0.2) is 15.8 Å². The van der Waals surface area contributed by atoms with Crippen LogP contribution in [0.2, 0.25) is 10.3 Å². The van der Waals surface area contributed by atoms with Crippen molar-refractivity contribution in [2.24, 2.45) is 0 Å². The molecule has 0 spiro atoms. The topological polar surface area (TPSA) is 68.0 Å². The first-order valence-electron chi connectivity index (χ1n) is 5.50. The third-order valence-corrected chi connectivity index (χ3v) is 2.91. The molecule has 2 aromatic rings. The number of nitrogens with zero attached hydrogens (tertiary/aromatic N) is 2. The molecule has 2 aromatic heterocycles. The maximum atomic E-state index is 11.4. The van der Waals surface area contributed by atoms with Crippen molar-refractivity contribution < 1.29 is 9.21 Å². The lowest BCUT2D eigenvalue weighted by molar-refractivity contribution is 0.101. The van der Waals surface area contributed by atoms with Crippen molar-refractivity contribution in [2.45, 2.75) is 20.4 Å². The first-order chi connectivity index (χ1) is 8.97. The molecule has 0 amide bonds. The highest BCUT2D eigenvalue weighted by Gasteiger charge is 2.15. The van der Waals surface area contributed by atoms with Crippen molar-refractivity contribution in [2.75, 3.05) is 5.32 Å². The second kappa shape index (κ2) is 5.59. The summed E-state index contributed by atoms with van der Waals surface area (Å²) in [7, 11) is 0. The molecule has 0 saturated heterocycles. The normalized spacial score (nSPS) is 10.5. The van der Waals surface area contributed by atoms with Crippen LogP contribution in [0.3, 0.4) is 0 Å². The second-order valence-electron chi connectivity index (χ2n) is 3.93. The molecule has 0 fully saturated rings. The van der Waals surface area contributed by atoms with E-state index in [1.54, 1.807) is 0 Å². The molecule has 0 radical (unpaired) electrons. The molecule has 19 heavy (non-hydrogen) atoms. The van der Waals surface area contributed by atoms with Crippen LogP contribution in [-0.2, 0) is 6.54 Å². The third-order valence-electron chi connectivity index (χ3n) is 2.38. The SMILES string of the molecule is CC(=O)c1nc(Cl)nc(NCc2ccc(C)o2)c1Cl. The van der Waals surface area contributed by atoms with Crippen molar-refractivity contribution >= 4 is 34.8 Å². The van der Waals surface area contributed by atoms with Gasteiger partial charge >= 0.3 is 0 Å². The van der Waals surface area contributed by atoms with Crippen LogP contribution in [0.25, 0.3) is 0 Å². The molecule has 2 rings (SSSR count). The van der Waals surface area contributed by atoms with Gasteiger partial charge in [0, 0.05) is 6.92 Å². The highest BCUT2D eigenvalue weighted by Crippen LogP contribution is 2.25. The molecule has 0 saturated carbocycles. The Hall–Kier alpha value is -1.59. The van der Waals surface area contributed by atoms with Crippen molar-refractivity contribution in [3.63, 3.8) is 0 Å². The van der Waals surface area contributed by atoms with Gasteiger partial charge in [0.15, 0.2) is 11.6 Å². The fourth-order valence-electron chi connectivity index (χ4n) is 1.52. The summed E-state index contributed by atoms with van der Waals surface area (Å²) in [4.78, 5) is 19.1. The van der Waals surface area contributed by atoms with Gasteiger partial charge in [0.05, 0.1) is 6.54 Å². The number of furan rings is 1. The zero-order valence-corrected chi connectivity index (χ0v) is 11.8. The predicted molar refractivity (Wildman–Crippen MR) is 72.8 cm³/mol. The average Bonchev–Trinajstić information content (AvgIpc) is 2.75. The Kier molecular flexibility index (Phi) is 4.07. The summed E-state index contributed by atoms with van der Waals surface area (Å²) in [5.41, 5.74) is 0.0970. The van der Waals surface area contributed by atoms with E-state index < -0.39 is 0 Å². The molecular formula is C12H11Cl2N3O2. The van der Waals surface area contributed by atoms with Gasteiger partial charge < -0.3 is 9.73 Å². The van der Waals surface area contributed by atoms with E-state index in [9.17, 15) is 4.79 Å². The van der Waals surface area contributed by atoms with Crippen LogP contribution in [0, 0.1) is 6.92 Å². The molecule has 0 bridgehead atoms. The van der Waals surface area contributed by atoms with Crippen LogP contribution in [0.1, 0.15) is 28.9 Å². The van der Waals surface area contributed by atoms with E-state index in [-0.39, 0.29) is 21.8 Å². The zero-order chi connectivity index (χ0) is 14.0. The second-order valence-corrected chi connectivity index (χ2v) is 4.64. The number of hydrogen-bond donors (Lipinski definition) is 1. The van der Waals surface area contributed by atoms with E-state index in [2.05, 4.69) is 15.3 Å². The molecule has 0 aliphatic heterocycles. The number of halogens is 2. The number of carbonyl (C=O) groups is 1. The summed E-state index contributed by atoms with van der Waals surface area (Å²) >= 11 is 11.8. The first kappa shape index (κ1) is 13.8. The number of rotatable bonds is 4. The average molecular weight is 300 g/mol. The van der Waals surface area contributed by atoms with Crippen molar-refractivity contribution in [1.82, 2.24) is 9.97 Å². The molecule has 0 aliphatic rings. The van der Waals surface area contributed by atoms with Crippen molar-refractivity contribution in [3.05, 3.63) is 39.7 Å². The minimum Gasteiger partial charge on any atom is -0.465 e. The monoisotopic (exact) mass is 299 g/mol. The van der Waals surface area contributed by atoms with E-state index in [1.807, 2.05) is 19.1 Å². The van der Waals surface area contributed by atoms with Gasteiger partial charge in [-0.25, -0.2) is 4.98 Å². The van der Waals surface area contributed by atoms with Crippen LogP contribution < -0.4 is 5.32 Å². The quantitative estimate of drug-likeness (QED) is 0.691. The molecule has 100 valence electrons.